The molecule has 0 spiro atoms. The molecule has 0 aliphatic heterocycles. The third kappa shape index (κ3) is 3.74. The molecular weight excluding hydrogens is 362 g/mol. The first kappa shape index (κ1) is 17.7. The first-order valence-electron chi connectivity index (χ1n) is 9.16. The second-order valence-corrected chi connectivity index (χ2v) is 7.34. The molecular formula is C21H20ClN3O2. The number of aromatic nitrogens is 2. The summed E-state index contributed by atoms with van der Waals surface area (Å²) in [7, 11) is 0. The number of para-hydroxylation sites is 1. The van der Waals surface area contributed by atoms with Crippen molar-refractivity contribution in [2.24, 2.45) is 0 Å². The van der Waals surface area contributed by atoms with Gasteiger partial charge in [-0.05, 0) is 49.2 Å². The van der Waals surface area contributed by atoms with Gasteiger partial charge in [-0.15, -0.1) is 0 Å². The van der Waals surface area contributed by atoms with E-state index in [1.807, 2.05) is 23.1 Å². The van der Waals surface area contributed by atoms with Gasteiger partial charge in [0.2, 0.25) is 0 Å². The van der Waals surface area contributed by atoms with Crippen LogP contribution in [0.4, 0.5) is 0 Å². The number of hydrogen-bond acceptors (Lipinski definition) is 3. The Kier molecular flexibility index (Phi) is 4.94. The maximum absolute atomic E-state index is 13.2. The highest BCUT2D eigenvalue weighted by atomic mass is 35.5. The van der Waals surface area contributed by atoms with Crippen LogP contribution in [0.2, 0.25) is 5.02 Å². The molecule has 2 aromatic carbocycles. The molecule has 1 fully saturated rings. The van der Waals surface area contributed by atoms with Crippen LogP contribution in [0, 0.1) is 0 Å². The maximum Gasteiger partial charge on any atom is 0.258 e. The van der Waals surface area contributed by atoms with Gasteiger partial charge in [-0.3, -0.25) is 9.59 Å². The van der Waals surface area contributed by atoms with Crippen LogP contribution in [-0.2, 0) is 6.54 Å². The second kappa shape index (κ2) is 7.53. The van der Waals surface area contributed by atoms with E-state index < -0.39 is 0 Å². The van der Waals surface area contributed by atoms with Crippen molar-refractivity contribution in [3.63, 3.8) is 0 Å². The summed E-state index contributed by atoms with van der Waals surface area (Å²) in [5.41, 5.74) is 1.05. The molecule has 0 bridgehead atoms. The minimum Gasteiger partial charge on any atom is -0.328 e. The molecule has 1 aliphatic carbocycles. The normalized spacial score (nSPS) is 14.6. The molecule has 1 amide bonds. The standard InChI is InChI=1S/C21H20ClN3O2/c22-15-11-9-14(10-12-15)21(27)25(16-5-1-2-6-16)13-19-23-18-8-4-3-7-17(18)20(26)24-19/h3-4,7-12,16H,1-2,5-6,13H2,(H,23,24,26). The van der Waals surface area contributed by atoms with Gasteiger partial charge in [0.25, 0.3) is 11.5 Å². The Balaban J connectivity index is 1.68. The molecule has 6 heteroatoms. The van der Waals surface area contributed by atoms with Crippen molar-refractivity contribution >= 4 is 28.4 Å². The zero-order chi connectivity index (χ0) is 18.8. The molecule has 0 radical (unpaired) electrons. The number of H-pyrrole nitrogens is 1. The number of aromatic amines is 1. The van der Waals surface area contributed by atoms with Crippen LogP contribution in [0.1, 0.15) is 41.9 Å². The van der Waals surface area contributed by atoms with Crippen LogP contribution >= 0.6 is 11.6 Å². The summed E-state index contributed by atoms with van der Waals surface area (Å²) in [6, 6.07) is 14.3. The van der Waals surface area contributed by atoms with Gasteiger partial charge in [-0.25, -0.2) is 4.98 Å². The highest BCUT2D eigenvalue weighted by molar-refractivity contribution is 6.30. The molecule has 3 aromatic rings. The molecule has 1 aromatic heterocycles. The van der Waals surface area contributed by atoms with E-state index in [4.69, 9.17) is 11.6 Å². The highest BCUT2D eigenvalue weighted by Crippen LogP contribution is 2.26. The third-order valence-corrected chi connectivity index (χ3v) is 5.35. The Morgan fingerprint density at radius 2 is 1.81 bits per heavy atom. The van der Waals surface area contributed by atoms with Crippen molar-refractivity contribution in [3.8, 4) is 0 Å². The first-order valence-corrected chi connectivity index (χ1v) is 9.54. The minimum atomic E-state index is -0.180. The number of carbonyl (C=O) groups excluding carboxylic acids is 1. The number of amides is 1. The average molecular weight is 382 g/mol. The van der Waals surface area contributed by atoms with Gasteiger partial charge in [0.15, 0.2) is 0 Å². The number of fused-ring (bicyclic) bond motifs is 1. The quantitative estimate of drug-likeness (QED) is 0.737. The maximum atomic E-state index is 13.2. The summed E-state index contributed by atoms with van der Waals surface area (Å²) >= 11 is 5.95. The van der Waals surface area contributed by atoms with Crippen molar-refractivity contribution in [1.82, 2.24) is 14.9 Å². The lowest BCUT2D eigenvalue weighted by Gasteiger charge is -2.28. The van der Waals surface area contributed by atoms with Crippen LogP contribution in [-0.4, -0.2) is 26.8 Å². The molecule has 1 N–H and O–H groups in total. The zero-order valence-electron chi connectivity index (χ0n) is 14.8. The molecule has 1 aliphatic rings. The lowest BCUT2D eigenvalue weighted by molar-refractivity contribution is 0.0658. The predicted molar refractivity (Wildman–Crippen MR) is 106 cm³/mol. The predicted octanol–water partition coefficient (Wildman–Crippen LogP) is 4.16. The molecule has 138 valence electrons. The largest absolute Gasteiger partial charge is 0.328 e. The summed E-state index contributed by atoms with van der Waals surface area (Å²) in [4.78, 5) is 34.8. The zero-order valence-corrected chi connectivity index (χ0v) is 15.6. The van der Waals surface area contributed by atoms with Crippen LogP contribution in [0.3, 0.4) is 0 Å². The number of nitrogens with zero attached hydrogens (tertiary/aromatic N) is 2. The fourth-order valence-electron chi connectivity index (χ4n) is 3.71. The molecule has 1 saturated carbocycles. The molecule has 0 atom stereocenters. The second-order valence-electron chi connectivity index (χ2n) is 6.91. The number of hydrogen-bond donors (Lipinski definition) is 1. The van der Waals surface area contributed by atoms with Crippen LogP contribution < -0.4 is 5.56 Å². The van der Waals surface area contributed by atoms with E-state index in [1.54, 1.807) is 30.3 Å². The molecule has 27 heavy (non-hydrogen) atoms. The van der Waals surface area contributed by atoms with Crippen molar-refractivity contribution in [3.05, 3.63) is 75.3 Å². The fraction of sp³-hybridized carbons (Fsp3) is 0.286. The number of carbonyl (C=O) groups is 1. The van der Waals surface area contributed by atoms with Crippen molar-refractivity contribution in [2.75, 3.05) is 0 Å². The molecule has 0 saturated heterocycles. The van der Waals surface area contributed by atoms with Crippen LogP contribution in [0.25, 0.3) is 10.9 Å². The Morgan fingerprint density at radius 1 is 1.11 bits per heavy atom. The smallest absolute Gasteiger partial charge is 0.258 e. The Morgan fingerprint density at radius 3 is 2.56 bits per heavy atom. The van der Waals surface area contributed by atoms with E-state index in [0.29, 0.717) is 27.3 Å². The van der Waals surface area contributed by atoms with Gasteiger partial charge in [0, 0.05) is 16.6 Å². The van der Waals surface area contributed by atoms with E-state index in [9.17, 15) is 9.59 Å². The molecule has 1 heterocycles. The summed E-state index contributed by atoms with van der Waals surface area (Å²) in [5, 5.41) is 1.15. The molecule has 4 rings (SSSR count). The van der Waals surface area contributed by atoms with E-state index in [-0.39, 0.29) is 24.1 Å². The monoisotopic (exact) mass is 381 g/mol. The van der Waals surface area contributed by atoms with Gasteiger partial charge >= 0.3 is 0 Å². The Labute approximate surface area is 162 Å². The van der Waals surface area contributed by atoms with E-state index in [1.165, 1.54) is 0 Å². The molecule has 5 nitrogen and oxygen atoms in total. The first-order chi connectivity index (χ1) is 13.1. The lowest BCUT2D eigenvalue weighted by atomic mass is 10.1. The fourth-order valence-corrected chi connectivity index (χ4v) is 3.84. The number of halogens is 1. The minimum absolute atomic E-state index is 0.0608. The molecule has 0 unspecified atom stereocenters. The Bertz CT molecular complexity index is 1020. The summed E-state index contributed by atoms with van der Waals surface area (Å²) in [5.74, 6) is 0.447. The van der Waals surface area contributed by atoms with Crippen molar-refractivity contribution in [1.29, 1.82) is 0 Å². The highest BCUT2D eigenvalue weighted by Gasteiger charge is 2.28. The van der Waals surface area contributed by atoms with Gasteiger partial charge in [0.05, 0.1) is 17.4 Å². The Hall–Kier alpha value is -2.66. The van der Waals surface area contributed by atoms with Gasteiger partial charge in [-0.1, -0.05) is 36.6 Å². The van der Waals surface area contributed by atoms with Crippen LogP contribution in [0.15, 0.2) is 53.3 Å². The van der Waals surface area contributed by atoms with Crippen LogP contribution in [0.5, 0.6) is 0 Å². The summed E-state index contributed by atoms with van der Waals surface area (Å²) < 4.78 is 0. The summed E-state index contributed by atoms with van der Waals surface area (Å²) in [6.07, 6.45) is 4.15. The van der Waals surface area contributed by atoms with E-state index in [0.717, 1.165) is 25.7 Å². The summed E-state index contributed by atoms with van der Waals surface area (Å²) in [6.45, 7) is 0.284. The van der Waals surface area contributed by atoms with Gasteiger partial charge < -0.3 is 9.88 Å². The third-order valence-electron chi connectivity index (χ3n) is 5.10. The van der Waals surface area contributed by atoms with E-state index in [2.05, 4.69) is 9.97 Å². The lowest BCUT2D eigenvalue weighted by Crippen LogP contribution is -2.39. The van der Waals surface area contributed by atoms with E-state index >= 15 is 0 Å². The number of benzene rings is 2. The average Bonchev–Trinajstić information content (AvgIpc) is 3.21. The van der Waals surface area contributed by atoms with Crippen molar-refractivity contribution < 1.29 is 4.79 Å². The van der Waals surface area contributed by atoms with Crippen molar-refractivity contribution in [2.45, 2.75) is 38.3 Å². The topological polar surface area (TPSA) is 66.1 Å². The number of rotatable bonds is 4. The van der Waals surface area contributed by atoms with Gasteiger partial charge in [0.1, 0.15) is 5.82 Å². The SMILES string of the molecule is O=C(c1ccc(Cl)cc1)N(Cc1nc2ccccc2c(=O)[nH]1)C1CCCC1. The van der Waals surface area contributed by atoms with Gasteiger partial charge in [-0.2, -0.15) is 0 Å². The number of nitrogens with one attached hydrogen (secondary N) is 1.